The molecule has 0 aliphatic heterocycles. The van der Waals surface area contributed by atoms with E-state index in [1.165, 1.54) is 7.11 Å². The maximum atomic E-state index is 11.6. The second-order valence-corrected chi connectivity index (χ2v) is 6.53. The molecule has 0 spiro atoms. The lowest BCUT2D eigenvalue weighted by molar-refractivity contribution is -0.140. The highest BCUT2D eigenvalue weighted by Crippen LogP contribution is 2.24. The van der Waals surface area contributed by atoms with E-state index in [-0.39, 0.29) is 31.1 Å². The highest BCUT2D eigenvalue weighted by molar-refractivity contribution is 7.89. The number of carbonyl (C=O) groups is 1. The third kappa shape index (κ3) is 5.32. The SMILES string of the molecule is COC(=O)CCCS(=O)(=O)NCC1CCCC1O. The molecule has 1 aliphatic carbocycles. The quantitative estimate of drug-likeness (QED) is 0.641. The minimum Gasteiger partial charge on any atom is -0.469 e. The van der Waals surface area contributed by atoms with Crippen LogP contribution in [0.2, 0.25) is 0 Å². The number of carbonyl (C=O) groups excluding carboxylic acids is 1. The molecule has 0 bridgehead atoms. The number of hydrogen-bond acceptors (Lipinski definition) is 5. The largest absolute Gasteiger partial charge is 0.469 e. The second kappa shape index (κ2) is 7.06. The van der Waals surface area contributed by atoms with Crippen LogP contribution in [0.1, 0.15) is 32.1 Å². The molecule has 1 aliphatic rings. The van der Waals surface area contributed by atoms with Gasteiger partial charge in [-0.1, -0.05) is 6.42 Å². The Hall–Kier alpha value is -0.660. The molecule has 7 heteroatoms. The third-order valence-electron chi connectivity index (χ3n) is 3.21. The molecule has 18 heavy (non-hydrogen) atoms. The van der Waals surface area contributed by atoms with Crippen LogP contribution in [0.3, 0.4) is 0 Å². The number of sulfonamides is 1. The zero-order chi connectivity index (χ0) is 13.6. The summed E-state index contributed by atoms with van der Waals surface area (Å²) in [5, 5.41) is 9.57. The van der Waals surface area contributed by atoms with E-state index >= 15 is 0 Å². The Balaban J connectivity index is 2.25. The van der Waals surface area contributed by atoms with Crippen molar-refractivity contribution in [2.45, 2.75) is 38.2 Å². The highest BCUT2D eigenvalue weighted by Gasteiger charge is 2.26. The molecular formula is C11H21NO5S. The maximum absolute atomic E-state index is 11.6. The number of methoxy groups -OCH3 is 1. The van der Waals surface area contributed by atoms with Crippen LogP contribution in [0.5, 0.6) is 0 Å². The van der Waals surface area contributed by atoms with Gasteiger partial charge < -0.3 is 9.84 Å². The van der Waals surface area contributed by atoms with Gasteiger partial charge in [-0.2, -0.15) is 0 Å². The van der Waals surface area contributed by atoms with Gasteiger partial charge in [-0.05, 0) is 25.2 Å². The molecule has 0 radical (unpaired) electrons. The molecule has 0 aromatic rings. The van der Waals surface area contributed by atoms with Gasteiger partial charge in [0.25, 0.3) is 0 Å². The summed E-state index contributed by atoms with van der Waals surface area (Å²) in [6.45, 7) is 0.279. The number of nitrogens with one attached hydrogen (secondary N) is 1. The van der Waals surface area contributed by atoms with Gasteiger partial charge in [-0.3, -0.25) is 4.79 Å². The van der Waals surface area contributed by atoms with Crippen LogP contribution in [0.25, 0.3) is 0 Å². The van der Waals surface area contributed by atoms with E-state index < -0.39 is 22.1 Å². The van der Waals surface area contributed by atoms with Gasteiger partial charge in [0.1, 0.15) is 0 Å². The lowest BCUT2D eigenvalue weighted by atomic mass is 10.1. The van der Waals surface area contributed by atoms with Crippen molar-refractivity contribution in [1.29, 1.82) is 0 Å². The summed E-state index contributed by atoms with van der Waals surface area (Å²) in [4.78, 5) is 10.8. The van der Waals surface area contributed by atoms with Crippen molar-refractivity contribution < 1.29 is 23.1 Å². The third-order valence-corrected chi connectivity index (χ3v) is 4.64. The zero-order valence-corrected chi connectivity index (χ0v) is 11.4. The Morgan fingerprint density at radius 3 is 2.72 bits per heavy atom. The van der Waals surface area contributed by atoms with Crippen LogP contribution in [-0.4, -0.2) is 45.0 Å². The van der Waals surface area contributed by atoms with Crippen LogP contribution >= 0.6 is 0 Å². The topological polar surface area (TPSA) is 92.7 Å². The number of ether oxygens (including phenoxy) is 1. The van der Waals surface area contributed by atoms with Crippen LogP contribution in [0.4, 0.5) is 0 Å². The Bertz CT molecular complexity index is 368. The van der Waals surface area contributed by atoms with Crippen molar-refractivity contribution in [2.75, 3.05) is 19.4 Å². The Morgan fingerprint density at radius 1 is 1.44 bits per heavy atom. The predicted molar refractivity (Wildman–Crippen MR) is 66.4 cm³/mol. The van der Waals surface area contributed by atoms with Crippen molar-refractivity contribution in [3.8, 4) is 0 Å². The summed E-state index contributed by atoms with van der Waals surface area (Å²) in [5.74, 6) is -0.484. The second-order valence-electron chi connectivity index (χ2n) is 4.61. The first-order valence-corrected chi connectivity index (χ1v) is 7.82. The van der Waals surface area contributed by atoms with E-state index in [0.29, 0.717) is 0 Å². The maximum Gasteiger partial charge on any atom is 0.305 e. The highest BCUT2D eigenvalue weighted by atomic mass is 32.2. The van der Waals surface area contributed by atoms with E-state index in [2.05, 4.69) is 9.46 Å². The van der Waals surface area contributed by atoms with E-state index in [9.17, 15) is 18.3 Å². The molecule has 2 atom stereocenters. The molecule has 1 rings (SSSR count). The van der Waals surface area contributed by atoms with Crippen LogP contribution < -0.4 is 4.72 Å². The van der Waals surface area contributed by atoms with Crippen LogP contribution in [0, 0.1) is 5.92 Å². The molecule has 6 nitrogen and oxygen atoms in total. The van der Waals surface area contributed by atoms with Crippen molar-refractivity contribution in [2.24, 2.45) is 5.92 Å². The van der Waals surface area contributed by atoms with E-state index in [1.54, 1.807) is 0 Å². The molecule has 2 N–H and O–H groups in total. The first kappa shape index (κ1) is 15.4. The Labute approximate surface area is 108 Å². The number of rotatable bonds is 7. The summed E-state index contributed by atoms with van der Waals surface area (Å²) in [5.41, 5.74) is 0. The molecule has 1 saturated carbocycles. The first-order chi connectivity index (χ1) is 8.44. The lowest BCUT2D eigenvalue weighted by Crippen LogP contribution is -2.34. The van der Waals surface area contributed by atoms with Gasteiger partial charge in [0.2, 0.25) is 10.0 Å². The van der Waals surface area contributed by atoms with Gasteiger partial charge in [-0.25, -0.2) is 13.1 Å². The molecule has 1 fully saturated rings. The molecule has 106 valence electrons. The fraction of sp³-hybridized carbons (Fsp3) is 0.909. The van der Waals surface area contributed by atoms with Crippen molar-refractivity contribution in [3.05, 3.63) is 0 Å². The average molecular weight is 279 g/mol. The lowest BCUT2D eigenvalue weighted by Gasteiger charge is -2.15. The standard InChI is InChI=1S/C11H21NO5S/c1-17-11(14)6-3-7-18(15,16)12-8-9-4-2-5-10(9)13/h9-10,12-13H,2-8H2,1H3. The number of aliphatic hydroxyl groups is 1. The fourth-order valence-electron chi connectivity index (χ4n) is 2.07. The van der Waals surface area contributed by atoms with Gasteiger partial charge >= 0.3 is 5.97 Å². The minimum atomic E-state index is -3.37. The van der Waals surface area contributed by atoms with E-state index in [4.69, 9.17) is 0 Å². The van der Waals surface area contributed by atoms with Crippen LogP contribution in [0.15, 0.2) is 0 Å². The summed E-state index contributed by atoms with van der Waals surface area (Å²) in [7, 11) is -2.09. The summed E-state index contributed by atoms with van der Waals surface area (Å²) < 4.78 is 30.2. The molecule has 2 unspecified atom stereocenters. The van der Waals surface area contributed by atoms with Gasteiger partial charge in [-0.15, -0.1) is 0 Å². The minimum absolute atomic E-state index is 0.0142. The normalized spacial score (nSPS) is 24.1. The summed E-state index contributed by atoms with van der Waals surface area (Å²) in [6.07, 6.45) is 2.48. The van der Waals surface area contributed by atoms with Crippen molar-refractivity contribution >= 4 is 16.0 Å². The predicted octanol–water partition coefficient (Wildman–Crippen LogP) is 0.0200. The van der Waals surface area contributed by atoms with Crippen molar-refractivity contribution in [3.63, 3.8) is 0 Å². The molecule has 0 saturated heterocycles. The number of hydrogen-bond donors (Lipinski definition) is 2. The molecule has 0 aromatic heterocycles. The summed E-state index contributed by atoms with van der Waals surface area (Å²) >= 11 is 0. The summed E-state index contributed by atoms with van der Waals surface area (Å²) in [6, 6.07) is 0. The smallest absolute Gasteiger partial charge is 0.305 e. The Kier molecular flexibility index (Phi) is 6.04. The fourth-order valence-corrected chi connectivity index (χ4v) is 3.21. The van der Waals surface area contributed by atoms with Crippen LogP contribution in [-0.2, 0) is 19.6 Å². The van der Waals surface area contributed by atoms with Gasteiger partial charge in [0, 0.05) is 13.0 Å². The zero-order valence-electron chi connectivity index (χ0n) is 10.6. The van der Waals surface area contributed by atoms with E-state index in [1.807, 2.05) is 0 Å². The molecule has 0 amide bonds. The Morgan fingerprint density at radius 2 is 2.17 bits per heavy atom. The monoisotopic (exact) mass is 279 g/mol. The van der Waals surface area contributed by atoms with Gasteiger partial charge in [0.15, 0.2) is 0 Å². The number of esters is 1. The number of aliphatic hydroxyl groups excluding tert-OH is 1. The molecular weight excluding hydrogens is 258 g/mol. The van der Waals surface area contributed by atoms with Crippen molar-refractivity contribution in [1.82, 2.24) is 4.72 Å². The molecule has 0 heterocycles. The molecule has 0 aromatic carbocycles. The van der Waals surface area contributed by atoms with E-state index in [0.717, 1.165) is 19.3 Å². The van der Waals surface area contributed by atoms with Gasteiger partial charge in [0.05, 0.1) is 19.0 Å². The first-order valence-electron chi connectivity index (χ1n) is 6.17. The average Bonchev–Trinajstić information content (AvgIpc) is 2.72.